The molecule has 0 radical (unpaired) electrons. The van der Waals surface area contributed by atoms with Crippen molar-refractivity contribution in [1.29, 1.82) is 0 Å². The highest BCUT2D eigenvalue weighted by Gasteiger charge is 2.21. The van der Waals surface area contributed by atoms with Crippen molar-refractivity contribution >= 4 is 5.97 Å². The van der Waals surface area contributed by atoms with Crippen molar-refractivity contribution in [2.24, 2.45) is 0 Å². The number of aromatic carboxylic acids is 1. The number of benzene rings is 1. The summed E-state index contributed by atoms with van der Waals surface area (Å²) in [5.74, 6) is -0.489. The number of hydrogen-bond donors (Lipinski definition) is 1. The van der Waals surface area contributed by atoms with Gasteiger partial charge >= 0.3 is 5.97 Å². The standard InChI is InChI=1S/C16H18N2O3/c1-10-5-6-12(16(2,3)4)13(9-10)21-14-11(15(19)20)7-8-17-18-14/h5-9H,1-4H3,(H,19,20). The number of hydrogen-bond acceptors (Lipinski definition) is 4. The molecule has 5 heteroatoms. The second kappa shape index (κ2) is 5.52. The van der Waals surface area contributed by atoms with Crippen molar-refractivity contribution in [1.82, 2.24) is 10.2 Å². The lowest BCUT2D eigenvalue weighted by molar-refractivity contribution is 0.0693. The fourth-order valence-corrected chi connectivity index (χ4v) is 1.99. The van der Waals surface area contributed by atoms with Gasteiger partial charge in [0.15, 0.2) is 0 Å². The van der Waals surface area contributed by atoms with Crippen LogP contribution < -0.4 is 4.74 Å². The van der Waals surface area contributed by atoms with Crippen LogP contribution in [0, 0.1) is 6.92 Å². The topological polar surface area (TPSA) is 72.3 Å². The molecule has 0 unspecified atom stereocenters. The maximum atomic E-state index is 11.2. The lowest BCUT2D eigenvalue weighted by Gasteiger charge is -2.23. The first kappa shape index (κ1) is 15.0. The fraction of sp³-hybridized carbons (Fsp3) is 0.312. The molecule has 2 rings (SSSR count). The number of nitrogens with zero attached hydrogens (tertiary/aromatic N) is 2. The SMILES string of the molecule is Cc1ccc(C(C)(C)C)c(Oc2nnccc2C(=O)O)c1. The molecule has 0 aliphatic rings. The zero-order chi connectivity index (χ0) is 15.6. The summed E-state index contributed by atoms with van der Waals surface area (Å²) in [7, 11) is 0. The van der Waals surface area contributed by atoms with Gasteiger partial charge in [-0.2, -0.15) is 5.10 Å². The van der Waals surface area contributed by atoms with Crippen molar-refractivity contribution in [3.63, 3.8) is 0 Å². The quantitative estimate of drug-likeness (QED) is 0.933. The lowest BCUT2D eigenvalue weighted by atomic mass is 9.86. The minimum absolute atomic E-state index is 0.00102. The summed E-state index contributed by atoms with van der Waals surface area (Å²) in [5.41, 5.74) is 1.87. The van der Waals surface area contributed by atoms with Crippen LogP contribution >= 0.6 is 0 Å². The molecule has 2 aromatic rings. The molecule has 0 saturated heterocycles. The molecule has 0 atom stereocenters. The molecule has 110 valence electrons. The van der Waals surface area contributed by atoms with E-state index in [1.807, 2.05) is 25.1 Å². The van der Waals surface area contributed by atoms with E-state index in [2.05, 4.69) is 31.0 Å². The Kier molecular flexibility index (Phi) is 3.93. The van der Waals surface area contributed by atoms with Gasteiger partial charge in [0, 0.05) is 5.56 Å². The second-order valence-corrected chi connectivity index (χ2v) is 5.91. The van der Waals surface area contributed by atoms with Crippen LogP contribution in [0.25, 0.3) is 0 Å². The van der Waals surface area contributed by atoms with Gasteiger partial charge in [-0.05, 0) is 30.0 Å². The van der Waals surface area contributed by atoms with Gasteiger partial charge in [-0.1, -0.05) is 32.9 Å². The number of ether oxygens (including phenoxy) is 1. The van der Waals surface area contributed by atoms with Crippen molar-refractivity contribution in [2.75, 3.05) is 0 Å². The summed E-state index contributed by atoms with van der Waals surface area (Å²) in [6, 6.07) is 7.24. The van der Waals surface area contributed by atoms with E-state index in [4.69, 9.17) is 4.74 Å². The van der Waals surface area contributed by atoms with E-state index in [1.165, 1.54) is 12.3 Å². The van der Waals surface area contributed by atoms with Gasteiger partial charge in [-0.25, -0.2) is 4.79 Å². The molecule has 21 heavy (non-hydrogen) atoms. The van der Waals surface area contributed by atoms with Crippen LogP contribution in [-0.2, 0) is 5.41 Å². The lowest BCUT2D eigenvalue weighted by Crippen LogP contribution is -2.13. The molecule has 0 spiro atoms. The summed E-state index contributed by atoms with van der Waals surface area (Å²) in [5, 5.41) is 16.7. The second-order valence-electron chi connectivity index (χ2n) is 5.91. The van der Waals surface area contributed by atoms with E-state index >= 15 is 0 Å². The largest absolute Gasteiger partial charge is 0.477 e. The van der Waals surface area contributed by atoms with E-state index in [1.54, 1.807) is 0 Å². The molecule has 5 nitrogen and oxygen atoms in total. The monoisotopic (exact) mass is 286 g/mol. The Bertz CT molecular complexity index is 675. The Morgan fingerprint density at radius 1 is 1.24 bits per heavy atom. The molecule has 0 fully saturated rings. The van der Waals surface area contributed by atoms with E-state index < -0.39 is 5.97 Å². The zero-order valence-corrected chi connectivity index (χ0v) is 12.5. The molecule has 0 aliphatic carbocycles. The van der Waals surface area contributed by atoms with Gasteiger partial charge in [0.2, 0.25) is 0 Å². The van der Waals surface area contributed by atoms with E-state index in [0.717, 1.165) is 11.1 Å². The number of carboxylic acids is 1. The fourth-order valence-electron chi connectivity index (χ4n) is 1.99. The summed E-state index contributed by atoms with van der Waals surface area (Å²) in [6.45, 7) is 8.16. The molecule has 0 saturated carbocycles. The molecule has 0 aliphatic heterocycles. The number of rotatable bonds is 3. The van der Waals surface area contributed by atoms with Gasteiger partial charge in [0.1, 0.15) is 11.3 Å². The first-order chi connectivity index (χ1) is 9.79. The molecule has 0 bridgehead atoms. The molecule has 1 aromatic heterocycles. The van der Waals surface area contributed by atoms with Gasteiger partial charge in [-0.15, -0.1) is 5.10 Å². The summed E-state index contributed by atoms with van der Waals surface area (Å²) in [4.78, 5) is 11.2. The maximum Gasteiger partial charge on any atom is 0.341 e. The third-order valence-corrected chi connectivity index (χ3v) is 3.07. The van der Waals surface area contributed by atoms with Crippen LogP contribution in [0.2, 0.25) is 0 Å². The Hall–Kier alpha value is -2.43. The van der Waals surface area contributed by atoms with Crippen LogP contribution in [0.15, 0.2) is 30.5 Å². The van der Waals surface area contributed by atoms with Crippen LogP contribution in [0.3, 0.4) is 0 Å². The van der Waals surface area contributed by atoms with Gasteiger partial charge in [0.25, 0.3) is 5.88 Å². The minimum Gasteiger partial charge on any atom is -0.477 e. The Labute approximate surface area is 123 Å². The molecule has 1 heterocycles. The first-order valence-corrected chi connectivity index (χ1v) is 6.63. The molecule has 1 N–H and O–H groups in total. The van der Waals surface area contributed by atoms with E-state index in [9.17, 15) is 9.90 Å². The normalized spacial score (nSPS) is 11.2. The Balaban J connectivity index is 2.49. The number of aryl methyl sites for hydroxylation is 1. The van der Waals surface area contributed by atoms with Crippen molar-refractivity contribution in [3.05, 3.63) is 47.2 Å². The number of carboxylic acid groups (broad SMARTS) is 1. The first-order valence-electron chi connectivity index (χ1n) is 6.63. The maximum absolute atomic E-state index is 11.2. The minimum atomic E-state index is -1.09. The average Bonchev–Trinajstić information content (AvgIpc) is 2.37. The summed E-state index contributed by atoms with van der Waals surface area (Å²) in [6.07, 6.45) is 1.33. The Morgan fingerprint density at radius 2 is 1.95 bits per heavy atom. The molecule has 0 amide bonds. The van der Waals surface area contributed by atoms with Crippen molar-refractivity contribution < 1.29 is 14.6 Å². The summed E-state index contributed by atoms with van der Waals surface area (Å²) >= 11 is 0. The van der Waals surface area contributed by atoms with Crippen LogP contribution in [0.4, 0.5) is 0 Å². The highest BCUT2D eigenvalue weighted by atomic mass is 16.5. The van der Waals surface area contributed by atoms with Gasteiger partial charge in [0.05, 0.1) is 6.20 Å². The third-order valence-electron chi connectivity index (χ3n) is 3.07. The predicted octanol–water partition coefficient (Wildman–Crippen LogP) is 3.57. The van der Waals surface area contributed by atoms with Crippen molar-refractivity contribution in [3.8, 4) is 11.6 Å². The Morgan fingerprint density at radius 3 is 2.57 bits per heavy atom. The van der Waals surface area contributed by atoms with Gasteiger partial charge in [-0.3, -0.25) is 0 Å². The zero-order valence-electron chi connectivity index (χ0n) is 12.5. The van der Waals surface area contributed by atoms with E-state index in [-0.39, 0.29) is 16.9 Å². The van der Waals surface area contributed by atoms with Crippen LogP contribution in [-0.4, -0.2) is 21.3 Å². The predicted molar refractivity (Wildman–Crippen MR) is 78.9 cm³/mol. The number of aromatic nitrogens is 2. The average molecular weight is 286 g/mol. The highest BCUT2D eigenvalue weighted by molar-refractivity contribution is 5.90. The third kappa shape index (κ3) is 3.37. The summed E-state index contributed by atoms with van der Waals surface area (Å²) < 4.78 is 5.75. The molecule has 1 aromatic carbocycles. The number of carbonyl (C=O) groups is 1. The molecular formula is C16H18N2O3. The van der Waals surface area contributed by atoms with Crippen LogP contribution in [0.5, 0.6) is 11.6 Å². The van der Waals surface area contributed by atoms with E-state index in [0.29, 0.717) is 5.75 Å². The van der Waals surface area contributed by atoms with Gasteiger partial charge < -0.3 is 9.84 Å². The van der Waals surface area contributed by atoms with Crippen molar-refractivity contribution in [2.45, 2.75) is 33.1 Å². The molecular weight excluding hydrogens is 268 g/mol. The smallest absolute Gasteiger partial charge is 0.341 e. The van der Waals surface area contributed by atoms with Crippen LogP contribution in [0.1, 0.15) is 42.3 Å². The highest BCUT2D eigenvalue weighted by Crippen LogP contribution is 2.35.